The van der Waals surface area contributed by atoms with Gasteiger partial charge in [-0.3, -0.25) is 4.79 Å². The lowest BCUT2D eigenvalue weighted by molar-refractivity contribution is 0.102. The van der Waals surface area contributed by atoms with Crippen molar-refractivity contribution in [2.45, 2.75) is 0 Å². The van der Waals surface area contributed by atoms with E-state index in [1.54, 1.807) is 18.2 Å². The van der Waals surface area contributed by atoms with Gasteiger partial charge in [-0.1, -0.05) is 11.6 Å². The molecule has 0 unspecified atom stereocenters. The normalized spacial score (nSPS) is 10.3. The fraction of sp³-hybridized carbons (Fsp3) is 0. The smallest absolute Gasteiger partial charge is 0.255 e. The number of rotatable bonds is 2. The predicted octanol–water partition coefficient (Wildman–Crippen LogP) is 4.08. The molecular formula is C13H9BrClFN2O. The average molecular weight is 344 g/mol. The van der Waals surface area contributed by atoms with Crippen LogP contribution < -0.4 is 11.1 Å². The van der Waals surface area contributed by atoms with Gasteiger partial charge in [0.2, 0.25) is 0 Å². The Bertz CT molecular complexity index is 628. The minimum Gasteiger partial charge on any atom is -0.399 e. The Morgan fingerprint density at radius 1 is 1.26 bits per heavy atom. The van der Waals surface area contributed by atoms with Crippen molar-refractivity contribution >= 4 is 44.8 Å². The van der Waals surface area contributed by atoms with E-state index in [2.05, 4.69) is 21.2 Å². The van der Waals surface area contributed by atoms with Gasteiger partial charge in [-0.2, -0.15) is 0 Å². The number of hydrogen-bond donors (Lipinski definition) is 2. The summed E-state index contributed by atoms with van der Waals surface area (Å²) in [6.07, 6.45) is 0. The first-order chi connectivity index (χ1) is 8.95. The molecule has 2 aromatic carbocycles. The van der Waals surface area contributed by atoms with Crippen LogP contribution in [-0.4, -0.2) is 5.91 Å². The molecule has 0 aliphatic carbocycles. The predicted molar refractivity (Wildman–Crippen MR) is 77.9 cm³/mol. The Morgan fingerprint density at radius 2 is 2.00 bits per heavy atom. The van der Waals surface area contributed by atoms with Crippen LogP contribution in [-0.2, 0) is 0 Å². The Morgan fingerprint density at radius 3 is 2.63 bits per heavy atom. The van der Waals surface area contributed by atoms with Crippen molar-refractivity contribution in [3.05, 3.63) is 57.3 Å². The molecule has 6 heteroatoms. The van der Waals surface area contributed by atoms with E-state index in [4.69, 9.17) is 17.3 Å². The zero-order valence-electron chi connectivity index (χ0n) is 9.58. The summed E-state index contributed by atoms with van der Waals surface area (Å²) in [4.78, 5) is 11.9. The number of carbonyl (C=O) groups is 1. The molecule has 0 aromatic heterocycles. The largest absolute Gasteiger partial charge is 0.399 e. The quantitative estimate of drug-likeness (QED) is 0.807. The third-order valence-electron chi connectivity index (χ3n) is 2.36. The van der Waals surface area contributed by atoms with E-state index in [1.807, 2.05) is 0 Å². The topological polar surface area (TPSA) is 55.1 Å². The zero-order valence-corrected chi connectivity index (χ0v) is 11.9. The fourth-order valence-corrected chi connectivity index (χ4v) is 2.02. The number of benzene rings is 2. The summed E-state index contributed by atoms with van der Waals surface area (Å²) in [6.45, 7) is 0. The summed E-state index contributed by atoms with van der Waals surface area (Å²) in [5.74, 6) is -0.997. The van der Waals surface area contributed by atoms with Gasteiger partial charge in [-0.25, -0.2) is 4.39 Å². The number of anilines is 2. The molecule has 0 spiro atoms. The van der Waals surface area contributed by atoms with Gasteiger partial charge in [-0.15, -0.1) is 0 Å². The van der Waals surface area contributed by atoms with E-state index in [-0.39, 0.29) is 11.3 Å². The van der Waals surface area contributed by atoms with Crippen LogP contribution in [0.15, 0.2) is 40.9 Å². The standard InChI is InChI=1S/C13H9BrClFN2O/c14-11-6-10(1-2-12(11)15)18-13(19)7-3-8(16)5-9(17)4-7/h1-6H,17H2,(H,18,19). The van der Waals surface area contributed by atoms with Gasteiger partial charge in [0.05, 0.1) is 5.02 Å². The number of nitrogen functional groups attached to an aromatic ring is 1. The molecule has 2 rings (SSSR count). The molecule has 0 atom stereocenters. The molecule has 19 heavy (non-hydrogen) atoms. The molecule has 1 amide bonds. The van der Waals surface area contributed by atoms with E-state index in [9.17, 15) is 9.18 Å². The number of nitrogens with two attached hydrogens (primary N) is 1. The summed E-state index contributed by atoms with van der Waals surface area (Å²) in [6, 6.07) is 8.62. The Balaban J connectivity index is 2.22. The summed E-state index contributed by atoms with van der Waals surface area (Å²) < 4.78 is 13.8. The van der Waals surface area contributed by atoms with Gasteiger partial charge in [0.25, 0.3) is 5.91 Å². The molecule has 0 saturated carbocycles. The highest BCUT2D eigenvalue weighted by molar-refractivity contribution is 9.10. The van der Waals surface area contributed by atoms with Gasteiger partial charge in [-0.05, 0) is 52.3 Å². The van der Waals surface area contributed by atoms with Crippen LogP contribution in [0.4, 0.5) is 15.8 Å². The number of carbonyl (C=O) groups excluding carboxylic acids is 1. The van der Waals surface area contributed by atoms with Gasteiger partial charge in [0.15, 0.2) is 0 Å². The molecule has 0 radical (unpaired) electrons. The molecule has 3 N–H and O–H groups in total. The first kappa shape index (κ1) is 13.8. The van der Waals surface area contributed by atoms with Crippen molar-refractivity contribution in [3.8, 4) is 0 Å². The van der Waals surface area contributed by atoms with Crippen LogP contribution in [0.1, 0.15) is 10.4 Å². The lowest BCUT2D eigenvalue weighted by atomic mass is 10.2. The first-order valence-corrected chi connectivity index (χ1v) is 6.45. The van der Waals surface area contributed by atoms with Crippen LogP contribution in [0.25, 0.3) is 0 Å². The first-order valence-electron chi connectivity index (χ1n) is 5.28. The summed E-state index contributed by atoms with van der Waals surface area (Å²) in [5, 5.41) is 3.17. The molecule has 3 nitrogen and oxygen atoms in total. The fourth-order valence-electron chi connectivity index (χ4n) is 1.52. The van der Waals surface area contributed by atoms with Crippen molar-refractivity contribution in [1.82, 2.24) is 0 Å². The van der Waals surface area contributed by atoms with E-state index < -0.39 is 11.7 Å². The maximum atomic E-state index is 13.2. The van der Waals surface area contributed by atoms with Gasteiger partial charge >= 0.3 is 0 Å². The molecule has 0 fully saturated rings. The maximum Gasteiger partial charge on any atom is 0.255 e. The minimum absolute atomic E-state index is 0.156. The van der Waals surface area contributed by atoms with E-state index in [0.717, 1.165) is 12.1 Å². The summed E-state index contributed by atoms with van der Waals surface area (Å²) in [7, 11) is 0. The highest BCUT2D eigenvalue weighted by atomic mass is 79.9. The second-order valence-electron chi connectivity index (χ2n) is 3.86. The lowest BCUT2D eigenvalue weighted by Gasteiger charge is -2.07. The monoisotopic (exact) mass is 342 g/mol. The molecule has 0 saturated heterocycles. The zero-order chi connectivity index (χ0) is 14.0. The third kappa shape index (κ3) is 3.45. The highest BCUT2D eigenvalue weighted by Crippen LogP contribution is 2.26. The Labute approximate surface area is 122 Å². The van der Waals surface area contributed by atoms with E-state index in [1.165, 1.54) is 6.07 Å². The van der Waals surface area contributed by atoms with E-state index >= 15 is 0 Å². The molecule has 0 aliphatic rings. The molecule has 0 aliphatic heterocycles. The third-order valence-corrected chi connectivity index (χ3v) is 3.57. The van der Waals surface area contributed by atoms with Gasteiger partial charge < -0.3 is 11.1 Å². The number of amides is 1. The summed E-state index contributed by atoms with van der Waals surface area (Å²) >= 11 is 9.10. The average Bonchev–Trinajstić information content (AvgIpc) is 2.32. The molecule has 98 valence electrons. The number of nitrogens with one attached hydrogen (secondary N) is 1. The second-order valence-corrected chi connectivity index (χ2v) is 5.12. The SMILES string of the molecule is Nc1cc(F)cc(C(=O)Nc2ccc(Cl)c(Br)c2)c1. The molecule has 0 heterocycles. The van der Waals surface area contributed by atoms with Crippen LogP contribution in [0.5, 0.6) is 0 Å². The summed E-state index contributed by atoms with van der Waals surface area (Å²) in [5.41, 5.74) is 6.39. The molecule has 0 bridgehead atoms. The van der Waals surface area contributed by atoms with Crippen molar-refractivity contribution < 1.29 is 9.18 Å². The molecular weight excluding hydrogens is 335 g/mol. The highest BCUT2D eigenvalue weighted by Gasteiger charge is 2.09. The van der Waals surface area contributed by atoms with Crippen LogP contribution in [0, 0.1) is 5.82 Å². The van der Waals surface area contributed by atoms with E-state index in [0.29, 0.717) is 15.2 Å². The van der Waals surface area contributed by atoms with Crippen molar-refractivity contribution in [2.75, 3.05) is 11.1 Å². The van der Waals surface area contributed by atoms with Crippen molar-refractivity contribution in [2.24, 2.45) is 0 Å². The minimum atomic E-state index is -0.553. The van der Waals surface area contributed by atoms with Crippen LogP contribution in [0.3, 0.4) is 0 Å². The maximum absolute atomic E-state index is 13.2. The Hall–Kier alpha value is -1.59. The molecule has 2 aromatic rings. The van der Waals surface area contributed by atoms with Crippen molar-refractivity contribution in [3.63, 3.8) is 0 Å². The second kappa shape index (κ2) is 5.59. The van der Waals surface area contributed by atoms with Gasteiger partial charge in [0, 0.05) is 21.4 Å². The number of hydrogen-bond acceptors (Lipinski definition) is 2. The number of halogens is 3. The van der Waals surface area contributed by atoms with Crippen LogP contribution in [0.2, 0.25) is 5.02 Å². The lowest BCUT2D eigenvalue weighted by Crippen LogP contribution is -2.12. The Kier molecular flexibility index (Phi) is 4.07. The van der Waals surface area contributed by atoms with Gasteiger partial charge in [0.1, 0.15) is 5.82 Å². The van der Waals surface area contributed by atoms with Crippen LogP contribution >= 0.6 is 27.5 Å². The van der Waals surface area contributed by atoms with Crippen molar-refractivity contribution in [1.29, 1.82) is 0 Å².